The molecule has 0 spiro atoms. The van der Waals surface area contributed by atoms with Crippen molar-refractivity contribution in [1.82, 2.24) is 5.06 Å². The van der Waals surface area contributed by atoms with E-state index < -0.39 is 6.10 Å². The van der Waals surface area contributed by atoms with Crippen molar-refractivity contribution >= 4 is 5.91 Å². The first kappa shape index (κ1) is 8.68. The fraction of sp³-hybridized carbons (Fsp3) is 0.900. The number of hydrogen-bond donors (Lipinski definition) is 1. The van der Waals surface area contributed by atoms with Crippen LogP contribution in [0.1, 0.15) is 19.3 Å². The Bertz CT molecular complexity index is 254. The van der Waals surface area contributed by atoms with Crippen molar-refractivity contribution in [2.75, 3.05) is 13.2 Å². The zero-order valence-corrected chi connectivity index (χ0v) is 8.06. The van der Waals surface area contributed by atoms with Gasteiger partial charge in [0.2, 0.25) is 5.91 Å². The fourth-order valence-corrected chi connectivity index (χ4v) is 2.98. The molecule has 3 fully saturated rings. The van der Waals surface area contributed by atoms with Crippen LogP contribution in [0.15, 0.2) is 0 Å². The Kier molecular flexibility index (Phi) is 1.82. The minimum atomic E-state index is -0.488. The van der Waals surface area contributed by atoms with Crippen LogP contribution in [0.25, 0.3) is 0 Å². The molecule has 4 heteroatoms. The Morgan fingerprint density at radius 2 is 2.07 bits per heavy atom. The van der Waals surface area contributed by atoms with E-state index in [4.69, 9.17) is 4.84 Å². The molecule has 3 rings (SSSR count). The van der Waals surface area contributed by atoms with E-state index in [1.165, 1.54) is 24.3 Å². The van der Waals surface area contributed by atoms with Gasteiger partial charge in [-0.25, -0.2) is 5.06 Å². The normalized spacial score (nSPS) is 45.4. The molecule has 0 aromatic carbocycles. The van der Waals surface area contributed by atoms with Crippen LogP contribution in [-0.2, 0) is 9.63 Å². The molecule has 78 valence electrons. The van der Waals surface area contributed by atoms with Crippen LogP contribution in [0.2, 0.25) is 0 Å². The van der Waals surface area contributed by atoms with Crippen molar-refractivity contribution in [1.29, 1.82) is 0 Å². The summed E-state index contributed by atoms with van der Waals surface area (Å²) in [7, 11) is 0. The van der Waals surface area contributed by atoms with Crippen LogP contribution in [-0.4, -0.2) is 35.3 Å². The van der Waals surface area contributed by atoms with Gasteiger partial charge in [-0.15, -0.1) is 0 Å². The van der Waals surface area contributed by atoms with E-state index in [1.807, 2.05) is 0 Å². The summed E-state index contributed by atoms with van der Waals surface area (Å²) < 4.78 is 0. The maximum Gasteiger partial charge on any atom is 0.249 e. The summed E-state index contributed by atoms with van der Waals surface area (Å²) in [6, 6.07) is 0. The third kappa shape index (κ3) is 1.17. The molecular formula is C10H15NO3. The number of β-amino-alcohol motifs (C(OH)–C–C–N with tert-alkyl or cyclic N) is 1. The van der Waals surface area contributed by atoms with Gasteiger partial charge in [-0.05, 0) is 24.7 Å². The van der Waals surface area contributed by atoms with Crippen LogP contribution < -0.4 is 0 Å². The lowest BCUT2D eigenvalue weighted by Gasteiger charge is -2.14. The molecule has 2 saturated carbocycles. The minimum absolute atomic E-state index is 0.108. The Labute approximate surface area is 82.8 Å². The van der Waals surface area contributed by atoms with Crippen LogP contribution in [0.4, 0.5) is 0 Å². The summed E-state index contributed by atoms with van der Waals surface area (Å²) in [5.74, 6) is 1.58. The van der Waals surface area contributed by atoms with Crippen LogP contribution in [0, 0.1) is 17.8 Å². The second kappa shape index (κ2) is 2.94. The van der Waals surface area contributed by atoms with Gasteiger partial charge in [0.25, 0.3) is 0 Å². The summed E-state index contributed by atoms with van der Waals surface area (Å²) in [5, 5.41) is 10.6. The zero-order valence-electron chi connectivity index (χ0n) is 8.06. The third-order valence-corrected chi connectivity index (χ3v) is 3.74. The number of aliphatic hydroxyl groups excluding tert-OH is 1. The fourth-order valence-electron chi connectivity index (χ4n) is 2.98. The van der Waals surface area contributed by atoms with Gasteiger partial charge in [0, 0.05) is 5.92 Å². The maximum atomic E-state index is 11.9. The zero-order chi connectivity index (χ0) is 9.71. The van der Waals surface area contributed by atoms with Gasteiger partial charge in [0.05, 0.1) is 12.6 Å². The number of nitrogens with zero attached hydrogens (tertiary/aromatic N) is 1. The van der Waals surface area contributed by atoms with Crippen LogP contribution in [0.3, 0.4) is 0 Å². The van der Waals surface area contributed by atoms with Crippen molar-refractivity contribution in [3.05, 3.63) is 0 Å². The van der Waals surface area contributed by atoms with Crippen molar-refractivity contribution in [2.24, 2.45) is 17.8 Å². The summed E-state index contributed by atoms with van der Waals surface area (Å²) in [6.07, 6.45) is 3.20. The van der Waals surface area contributed by atoms with Crippen LogP contribution in [0.5, 0.6) is 0 Å². The molecule has 1 aliphatic heterocycles. The summed E-state index contributed by atoms with van der Waals surface area (Å²) in [6.45, 7) is 0.628. The van der Waals surface area contributed by atoms with Gasteiger partial charge in [-0.1, -0.05) is 6.42 Å². The second-order valence-corrected chi connectivity index (χ2v) is 4.63. The monoisotopic (exact) mass is 197 g/mol. The molecule has 0 aromatic rings. The van der Waals surface area contributed by atoms with Gasteiger partial charge in [0.15, 0.2) is 0 Å². The Hall–Kier alpha value is -0.610. The van der Waals surface area contributed by atoms with E-state index in [2.05, 4.69) is 0 Å². The standard InChI is InChI=1S/C10H15NO3/c12-6-4-11(14-5-6)10(13)9-7-2-1-3-8(7)9/h6-9,12H,1-5H2. The molecule has 3 unspecified atom stereocenters. The Morgan fingerprint density at radius 3 is 2.64 bits per heavy atom. The van der Waals surface area contributed by atoms with E-state index in [0.29, 0.717) is 18.4 Å². The predicted octanol–water partition coefficient (Wildman–Crippen LogP) is 0.167. The summed E-state index contributed by atoms with van der Waals surface area (Å²) >= 11 is 0. The number of amides is 1. The average molecular weight is 197 g/mol. The molecule has 4 nitrogen and oxygen atoms in total. The van der Waals surface area contributed by atoms with Crippen molar-refractivity contribution in [2.45, 2.75) is 25.4 Å². The molecule has 1 N–H and O–H groups in total. The topological polar surface area (TPSA) is 49.8 Å². The Morgan fingerprint density at radius 1 is 1.36 bits per heavy atom. The van der Waals surface area contributed by atoms with Gasteiger partial charge in [0.1, 0.15) is 6.61 Å². The molecular weight excluding hydrogens is 182 g/mol. The average Bonchev–Trinajstić information content (AvgIpc) is 2.56. The Balaban J connectivity index is 1.61. The number of aliphatic hydroxyl groups is 1. The molecule has 14 heavy (non-hydrogen) atoms. The maximum absolute atomic E-state index is 11.9. The second-order valence-electron chi connectivity index (χ2n) is 4.63. The quantitative estimate of drug-likeness (QED) is 0.651. The summed E-state index contributed by atoms with van der Waals surface area (Å²) in [5.41, 5.74) is 0. The highest BCUT2D eigenvalue weighted by Gasteiger charge is 2.58. The molecule has 1 amide bonds. The molecule has 2 aliphatic carbocycles. The lowest BCUT2D eigenvalue weighted by atomic mass is 10.1. The van der Waals surface area contributed by atoms with Crippen LogP contribution >= 0.6 is 0 Å². The van der Waals surface area contributed by atoms with Gasteiger partial charge in [-0.3, -0.25) is 9.63 Å². The largest absolute Gasteiger partial charge is 0.389 e. The molecule has 0 radical (unpaired) electrons. The highest BCUT2D eigenvalue weighted by atomic mass is 16.7. The smallest absolute Gasteiger partial charge is 0.249 e. The number of carbonyl (C=O) groups is 1. The SMILES string of the molecule is O=C(C1C2CCCC21)N1CC(O)CO1. The van der Waals surface area contributed by atoms with Gasteiger partial charge >= 0.3 is 0 Å². The van der Waals surface area contributed by atoms with E-state index in [0.717, 1.165) is 0 Å². The molecule has 0 aromatic heterocycles. The van der Waals surface area contributed by atoms with Gasteiger partial charge in [-0.2, -0.15) is 0 Å². The number of hydrogen-bond acceptors (Lipinski definition) is 3. The highest BCUT2D eigenvalue weighted by molar-refractivity contribution is 5.81. The molecule has 0 bridgehead atoms. The lowest BCUT2D eigenvalue weighted by Crippen LogP contribution is -2.31. The number of rotatable bonds is 1. The van der Waals surface area contributed by atoms with E-state index in [-0.39, 0.29) is 18.4 Å². The highest BCUT2D eigenvalue weighted by Crippen LogP contribution is 2.58. The minimum Gasteiger partial charge on any atom is -0.389 e. The van der Waals surface area contributed by atoms with Crippen molar-refractivity contribution in [3.63, 3.8) is 0 Å². The van der Waals surface area contributed by atoms with E-state index in [9.17, 15) is 9.90 Å². The predicted molar refractivity (Wildman–Crippen MR) is 48.0 cm³/mol. The molecule has 1 saturated heterocycles. The first-order valence-electron chi connectivity index (χ1n) is 5.40. The first-order valence-corrected chi connectivity index (χ1v) is 5.40. The van der Waals surface area contributed by atoms with Crippen molar-refractivity contribution in [3.8, 4) is 0 Å². The lowest BCUT2D eigenvalue weighted by molar-refractivity contribution is -0.171. The third-order valence-electron chi connectivity index (χ3n) is 3.74. The van der Waals surface area contributed by atoms with E-state index >= 15 is 0 Å². The summed E-state index contributed by atoms with van der Waals surface area (Å²) in [4.78, 5) is 17.0. The number of carbonyl (C=O) groups excluding carboxylic acids is 1. The number of hydroxylamine groups is 2. The van der Waals surface area contributed by atoms with Gasteiger partial charge < -0.3 is 5.11 Å². The molecule has 1 heterocycles. The molecule has 3 aliphatic rings. The number of fused-ring (bicyclic) bond motifs is 1. The van der Waals surface area contributed by atoms with E-state index in [1.54, 1.807) is 0 Å². The van der Waals surface area contributed by atoms with Crippen molar-refractivity contribution < 1.29 is 14.7 Å². The first-order chi connectivity index (χ1) is 6.77. The molecule has 3 atom stereocenters.